The van der Waals surface area contributed by atoms with Gasteiger partial charge in [0.25, 0.3) is 0 Å². The summed E-state index contributed by atoms with van der Waals surface area (Å²) in [6, 6.07) is 10.7. The maximum absolute atomic E-state index is 12.3. The number of rotatable bonds is 2. The van der Waals surface area contributed by atoms with Crippen molar-refractivity contribution in [2.45, 2.75) is 0 Å². The van der Waals surface area contributed by atoms with Crippen LogP contribution in [0.3, 0.4) is 0 Å². The Labute approximate surface area is 107 Å². The number of thiophene rings is 1. The molecule has 3 aromatic rings. The average molecular weight is 255 g/mol. The number of carbonyl (C=O) groups is 1. The maximum Gasteiger partial charge on any atom is 0.206 e. The molecule has 2 heterocycles. The van der Waals surface area contributed by atoms with Crippen molar-refractivity contribution >= 4 is 27.2 Å². The number of pyridine rings is 1. The number of nitrogens with zero attached hydrogens (tertiary/aromatic N) is 1. The van der Waals surface area contributed by atoms with Crippen LogP contribution in [0.25, 0.3) is 10.1 Å². The summed E-state index contributed by atoms with van der Waals surface area (Å²) in [4.78, 5) is 16.5. The van der Waals surface area contributed by atoms with E-state index in [1.807, 2.05) is 24.3 Å². The van der Waals surface area contributed by atoms with Crippen LogP contribution in [0.4, 0.5) is 0 Å². The molecular formula is C14H9NO2S. The van der Waals surface area contributed by atoms with Crippen LogP contribution in [0.2, 0.25) is 0 Å². The Morgan fingerprint density at radius 2 is 1.83 bits per heavy atom. The monoisotopic (exact) mass is 255 g/mol. The fourth-order valence-electron chi connectivity index (χ4n) is 1.82. The molecule has 0 saturated carbocycles. The smallest absolute Gasteiger partial charge is 0.206 e. The highest BCUT2D eigenvalue weighted by Gasteiger charge is 2.18. The van der Waals surface area contributed by atoms with Gasteiger partial charge in [-0.3, -0.25) is 9.78 Å². The Bertz CT molecular complexity index is 719. The molecule has 0 aliphatic rings. The summed E-state index contributed by atoms with van der Waals surface area (Å²) in [5.74, 6) is -0.103. The molecule has 3 rings (SSSR count). The van der Waals surface area contributed by atoms with Gasteiger partial charge in [-0.1, -0.05) is 12.1 Å². The predicted molar refractivity (Wildman–Crippen MR) is 71.2 cm³/mol. The second kappa shape index (κ2) is 4.23. The molecule has 18 heavy (non-hydrogen) atoms. The number of ketones is 1. The number of carbonyl (C=O) groups excluding carboxylic acids is 1. The van der Waals surface area contributed by atoms with E-state index in [9.17, 15) is 9.90 Å². The molecule has 0 aliphatic heterocycles. The Hall–Kier alpha value is -2.20. The lowest BCUT2D eigenvalue weighted by Gasteiger charge is -1.97. The molecule has 1 N–H and O–H groups in total. The van der Waals surface area contributed by atoms with Crippen molar-refractivity contribution < 1.29 is 9.90 Å². The van der Waals surface area contributed by atoms with Gasteiger partial charge in [0.2, 0.25) is 5.78 Å². The van der Waals surface area contributed by atoms with Crippen LogP contribution in [0.15, 0.2) is 48.8 Å². The predicted octanol–water partition coefficient (Wildman–Crippen LogP) is 3.23. The first-order valence-corrected chi connectivity index (χ1v) is 6.24. The third-order valence-corrected chi connectivity index (χ3v) is 3.88. The highest BCUT2D eigenvalue weighted by molar-refractivity contribution is 7.21. The number of aromatic nitrogens is 1. The third kappa shape index (κ3) is 1.67. The molecule has 4 heteroatoms. The van der Waals surface area contributed by atoms with Gasteiger partial charge in [-0.25, -0.2) is 0 Å². The topological polar surface area (TPSA) is 50.2 Å². The third-order valence-electron chi connectivity index (χ3n) is 2.72. The van der Waals surface area contributed by atoms with Crippen molar-refractivity contribution in [2.75, 3.05) is 0 Å². The van der Waals surface area contributed by atoms with Crippen LogP contribution in [-0.2, 0) is 0 Å². The van der Waals surface area contributed by atoms with Crippen LogP contribution < -0.4 is 0 Å². The molecule has 88 valence electrons. The molecule has 1 aromatic carbocycles. The van der Waals surface area contributed by atoms with Gasteiger partial charge < -0.3 is 5.11 Å². The summed E-state index contributed by atoms with van der Waals surface area (Å²) in [6.45, 7) is 0. The number of fused-ring (bicyclic) bond motifs is 1. The highest BCUT2D eigenvalue weighted by Crippen LogP contribution is 2.37. The van der Waals surface area contributed by atoms with Crippen LogP contribution >= 0.6 is 11.3 Å². The van der Waals surface area contributed by atoms with E-state index in [0.29, 0.717) is 10.4 Å². The van der Waals surface area contributed by atoms with Gasteiger partial charge in [-0.05, 0) is 24.3 Å². The first-order chi connectivity index (χ1) is 8.77. The Morgan fingerprint density at radius 1 is 1.11 bits per heavy atom. The first kappa shape index (κ1) is 10.9. The summed E-state index contributed by atoms with van der Waals surface area (Å²) < 4.78 is 0.910. The van der Waals surface area contributed by atoms with Crippen molar-refractivity contribution in [3.63, 3.8) is 0 Å². The summed E-state index contributed by atoms with van der Waals surface area (Å²) in [5, 5.41) is 10.8. The molecule has 0 atom stereocenters. The van der Waals surface area contributed by atoms with Crippen LogP contribution in [0.5, 0.6) is 5.75 Å². The van der Waals surface area contributed by atoms with Gasteiger partial charge in [0.1, 0.15) is 10.6 Å². The van der Waals surface area contributed by atoms with E-state index in [4.69, 9.17) is 0 Å². The molecule has 0 unspecified atom stereocenters. The molecule has 3 nitrogen and oxygen atoms in total. The Balaban J connectivity index is 2.15. The minimum atomic E-state index is -0.170. The standard InChI is InChI=1S/C14H9NO2S/c16-12(9-5-7-15-8-6-9)14-13(17)10-3-1-2-4-11(10)18-14/h1-8,17H. The second-order valence-corrected chi connectivity index (χ2v) is 4.89. The molecule has 0 fully saturated rings. The van der Waals surface area contributed by atoms with Gasteiger partial charge in [0.15, 0.2) is 0 Å². The van der Waals surface area contributed by atoms with Gasteiger partial charge >= 0.3 is 0 Å². The zero-order valence-electron chi connectivity index (χ0n) is 9.33. The van der Waals surface area contributed by atoms with Gasteiger partial charge in [-0.15, -0.1) is 11.3 Å². The lowest BCUT2D eigenvalue weighted by atomic mass is 10.1. The van der Waals surface area contributed by atoms with Crippen molar-refractivity contribution in [2.24, 2.45) is 0 Å². The van der Waals surface area contributed by atoms with Crippen molar-refractivity contribution in [1.82, 2.24) is 4.98 Å². The molecule has 0 bridgehead atoms. The van der Waals surface area contributed by atoms with Crippen molar-refractivity contribution in [3.05, 3.63) is 59.2 Å². The number of aromatic hydroxyl groups is 1. The number of hydrogen-bond donors (Lipinski definition) is 1. The second-order valence-electron chi connectivity index (χ2n) is 3.84. The molecule has 0 radical (unpaired) electrons. The SMILES string of the molecule is O=C(c1ccncc1)c1sc2ccccc2c1O. The quantitative estimate of drug-likeness (QED) is 0.715. The van der Waals surface area contributed by atoms with E-state index in [-0.39, 0.29) is 11.5 Å². The summed E-state index contributed by atoms with van der Waals surface area (Å²) in [5.41, 5.74) is 0.534. The minimum absolute atomic E-state index is 0.0670. The number of hydrogen-bond acceptors (Lipinski definition) is 4. The zero-order chi connectivity index (χ0) is 12.5. The summed E-state index contributed by atoms with van der Waals surface area (Å²) in [6.07, 6.45) is 3.13. The largest absolute Gasteiger partial charge is 0.506 e. The van der Waals surface area contributed by atoms with E-state index in [1.165, 1.54) is 11.3 Å². The Morgan fingerprint density at radius 3 is 2.56 bits per heavy atom. The summed E-state index contributed by atoms with van der Waals surface area (Å²) in [7, 11) is 0. The van der Waals surface area contributed by atoms with Crippen molar-refractivity contribution in [3.8, 4) is 5.75 Å². The van der Waals surface area contributed by atoms with E-state index < -0.39 is 0 Å². The molecule has 0 aliphatic carbocycles. The first-order valence-electron chi connectivity index (χ1n) is 5.42. The molecule has 0 amide bonds. The van der Waals surface area contributed by atoms with Crippen LogP contribution in [0, 0.1) is 0 Å². The van der Waals surface area contributed by atoms with Gasteiger partial charge in [0, 0.05) is 28.0 Å². The van der Waals surface area contributed by atoms with E-state index in [2.05, 4.69) is 4.98 Å². The minimum Gasteiger partial charge on any atom is -0.506 e. The molecule has 2 aromatic heterocycles. The Kier molecular flexibility index (Phi) is 2.57. The average Bonchev–Trinajstić information content (AvgIpc) is 2.77. The fraction of sp³-hybridized carbons (Fsp3) is 0. The fourth-order valence-corrected chi connectivity index (χ4v) is 2.88. The highest BCUT2D eigenvalue weighted by atomic mass is 32.1. The lowest BCUT2D eigenvalue weighted by molar-refractivity contribution is 0.104. The maximum atomic E-state index is 12.3. The van der Waals surface area contributed by atoms with E-state index >= 15 is 0 Å². The van der Waals surface area contributed by atoms with Crippen LogP contribution in [-0.4, -0.2) is 15.9 Å². The molecule has 0 saturated heterocycles. The number of benzene rings is 1. The van der Waals surface area contributed by atoms with E-state index in [1.54, 1.807) is 24.5 Å². The summed E-state index contributed by atoms with van der Waals surface area (Å²) >= 11 is 1.31. The molecular weight excluding hydrogens is 246 g/mol. The van der Waals surface area contributed by atoms with Crippen molar-refractivity contribution in [1.29, 1.82) is 0 Å². The zero-order valence-corrected chi connectivity index (χ0v) is 10.1. The van der Waals surface area contributed by atoms with Crippen LogP contribution in [0.1, 0.15) is 15.2 Å². The van der Waals surface area contributed by atoms with Gasteiger partial charge in [-0.2, -0.15) is 0 Å². The molecule has 0 spiro atoms. The normalized spacial score (nSPS) is 10.7. The van der Waals surface area contributed by atoms with Gasteiger partial charge in [0.05, 0.1) is 0 Å². The van der Waals surface area contributed by atoms with E-state index in [0.717, 1.165) is 10.1 Å². The lowest BCUT2D eigenvalue weighted by Crippen LogP contribution is -1.98.